The van der Waals surface area contributed by atoms with Crippen LogP contribution in [0.2, 0.25) is 0 Å². The number of hydrogen-bond donors (Lipinski definition) is 1. The fourth-order valence-corrected chi connectivity index (χ4v) is 0.938. The van der Waals surface area contributed by atoms with E-state index in [1.807, 2.05) is 0 Å². The highest BCUT2D eigenvalue weighted by atomic mass is 16.6. The number of aromatic amines is 1. The molecular weight excluding hydrogens is 186 g/mol. The van der Waals surface area contributed by atoms with Gasteiger partial charge in [-0.15, -0.1) is 0 Å². The number of carbonyl (C=O) groups excluding carboxylic acids is 1. The smallest absolute Gasteiger partial charge is 0.343 e. The standard InChI is InChI=1S/C9H11NO4/c1-6-9(7(11)3-4-10-6)14-5-8(12)13-2/h3-4H,5H2,1-2H3,(H,10,11). The van der Waals surface area contributed by atoms with Gasteiger partial charge in [-0.2, -0.15) is 0 Å². The summed E-state index contributed by atoms with van der Waals surface area (Å²) in [5.74, 6) is -0.370. The number of aromatic nitrogens is 1. The maximum absolute atomic E-state index is 11.2. The molecule has 1 heterocycles. The van der Waals surface area contributed by atoms with E-state index in [0.717, 1.165) is 0 Å². The van der Waals surface area contributed by atoms with E-state index < -0.39 is 5.97 Å². The first kappa shape index (κ1) is 10.3. The van der Waals surface area contributed by atoms with Gasteiger partial charge < -0.3 is 14.5 Å². The third-order valence-corrected chi connectivity index (χ3v) is 1.66. The molecule has 0 saturated carbocycles. The van der Waals surface area contributed by atoms with Crippen molar-refractivity contribution in [2.75, 3.05) is 13.7 Å². The Bertz CT molecular complexity index is 383. The van der Waals surface area contributed by atoms with Crippen molar-refractivity contribution in [3.8, 4) is 5.75 Å². The number of methoxy groups -OCH3 is 1. The van der Waals surface area contributed by atoms with E-state index in [1.54, 1.807) is 6.92 Å². The van der Waals surface area contributed by atoms with E-state index in [9.17, 15) is 9.59 Å². The van der Waals surface area contributed by atoms with Gasteiger partial charge in [0.15, 0.2) is 12.4 Å². The molecule has 0 aliphatic heterocycles. The van der Waals surface area contributed by atoms with Gasteiger partial charge in [0.2, 0.25) is 5.43 Å². The molecule has 1 N–H and O–H groups in total. The summed E-state index contributed by atoms with van der Waals surface area (Å²) < 4.78 is 9.38. The van der Waals surface area contributed by atoms with Gasteiger partial charge in [-0.05, 0) is 6.92 Å². The molecule has 5 heteroatoms. The summed E-state index contributed by atoms with van der Waals surface area (Å²) in [5.41, 5.74) is 0.326. The molecule has 0 spiro atoms. The van der Waals surface area contributed by atoms with Crippen molar-refractivity contribution in [1.29, 1.82) is 0 Å². The molecular formula is C9H11NO4. The average Bonchev–Trinajstić information content (AvgIpc) is 2.16. The Kier molecular flexibility index (Phi) is 3.28. The number of hydrogen-bond acceptors (Lipinski definition) is 4. The Balaban J connectivity index is 2.76. The molecule has 0 amide bonds. The number of carbonyl (C=O) groups is 1. The quantitative estimate of drug-likeness (QED) is 0.704. The highest BCUT2D eigenvalue weighted by molar-refractivity contribution is 5.70. The van der Waals surface area contributed by atoms with Crippen molar-refractivity contribution in [2.45, 2.75) is 6.92 Å². The first-order valence-corrected chi connectivity index (χ1v) is 4.03. The largest absolute Gasteiger partial charge is 0.476 e. The van der Waals surface area contributed by atoms with Crippen LogP contribution in [0.4, 0.5) is 0 Å². The molecule has 5 nitrogen and oxygen atoms in total. The number of rotatable bonds is 3. The fraction of sp³-hybridized carbons (Fsp3) is 0.333. The molecule has 0 aromatic carbocycles. The predicted octanol–water partition coefficient (Wildman–Crippen LogP) is 0.235. The van der Waals surface area contributed by atoms with Crippen molar-refractivity contribution in [3.63, 3.8) is 0 Å². The van der Waals surface area contributed by atoms with Gasteiger partial charge in [0.1, 0.15) is 0 Å². The summed E-state index contributed by atoms with van der Waals surface area (Å²) in [6.45, 7) is 1.43. The van der Waals surface area contributed by atoms with Crippen molar-refractivity contribution in [3.05, 3.63) is 28.2 Å². The third kappa shape index (κ3) is 2.35. The van der Waals surface area contributed by atoms with Crippen LogP contribution in [-0.4, -0.2) is 24.7 Å². The topological polar surface area (TPSA) is 68.4 Å². The van der Waals surface area contributed by atoms with Crippen LogP contribution in [0.5, 0.6) is 5.75 Å². The monoisotopic (exact) mass is 197 g/mol. The molecule has 0 radical (unpaired) electrons. The summed E-state index contributed by atoms with van der Waals surface area (Å²) in [4.78, 5) is 24.8. The SMILES string of the molecule is COC(=O)COc1c(C)[nH]ccc1=O. The second kappa shape index (κ2) is 4.45. The molecule has 0 aliphatic carbocycles. The van der Waals surface area contributed by atoms with Crippen LogP contribution < -0.4 is 10.2 Å². The highest BCUT2D eigenvalue weighted by Crippen LogP contribution is 2.06. The zero-order chi connectivity index (χ0) is 10.6. The fourth-order valence-electron chi connectivity index (χ4n) is 0.938. The molecule has 0 bridgehead atoms. The molecule has 0 unspecified atom stereocenters. The lowest BCUT2D eigenvalue weighted by molar-refractivity contribution is -0.142. The zero-order valence-corrected chi connectivity index (χ0v) is 7.99. The normalized spacial score (nSPS) is 9.57. The minimum Gasteiger partial charge on any atom is -0.476 e. The van der Waals surface area contributed by atoms with Crippen LogP contribution in [0.25, 0.3) is 0 Å². The van der Waals surface area contributed by atoms with Gasteiger partial charge in [-0.3, -0.25) is 4.79 Å². The van der Waals surface area contributed by atoms with Crippen LogP contribution in [0.1, 0.15) is 5.69 Å². The average molecular weight is 197 g/mol. The van der Waals surface area contributed by atoms with Crippen LogP contribution in [-0.2, 0) is 9.53 Å². The molecule has 1 aromatic rings. The van der Waals surface area contributed by atoms with Gasteiger partial charge in [0, 0.05) is 12.3 Å². The second-order valence-corrected chi connectivity index (χ2v) is 2.66. The van der Waals surface area contributed by atoms with E-state index in [1.165, 1.54) is 19.4 Å². The molecule has 0 aliphatic rings. The molecule has 0 saturated heterocycles. The first-order valence-electron chi connectivity index (χ1n) is 4.03. The number of nitrogens with one attached hydrogen (secondary N) is 1. The van der Waals surface area contributed by atoms with E-state index in [0.29, 0.717) is 5.69 Å². The predicted molar refractivity (Wildman–Crippen MR) is 49.3 cm³/mol. The lowest BCUT2D eigenvalue weighted by Crippen LogP contribution is -2.17. The summed E-state index contributed by atoms with van der Waals surface area (Å²) in [6, 6.07) is 1.33. The molecule has 0 atom stereocenters. The molecule has 1 aromatic heterocycles. The Morgan fingerprint density at radius 3 is 2.86 bits per heavy atom. The minimum absolute atomic E-state index is 0.151. The number of pyridine rings is 1. The third-order valence-electron chi connectivity index (χ3n) is 1.66. The van der Waals surface area contributed by atoms with Crippen LogP contribution in [0, 0.1) is 6.92 Å². The highest BCUT2D eigenvalue weighted by Gasteiger charge is 2.07. The van der Waals surface area contributed by atoms with E-state index >= 15 is 0 Å². The maximum atomic E-state index is 11.2. The number of esters is 1. The summed E-state index contributed by atoms with van der Waals surface area (Å²) >= 11 is 0. The van der Waals surface area contributed by atoms with E-state index in [2.05, 4.69) is 9.72 Å². The van der Waals surface area contributed by atoms with E-state index in [-0.39, 0.29) is 17.8 Å². The van der Waals surface area contributed by atoms with Crippen molar-refractivity contribution < 1.29 is 14.3 Å². The Hall–Kier alpha value is -1.78. The van der Waals surface area contributed by atoms with Gasteiger partial charge in [-0.25, -0.2) is 4.79 Å². The maximum Gasteiger partial charge on any atom is 0.343 e. The summed E-state index contributed by atoms with van der Waals surface area (Å²) in [7, 11) is 1.26. The number of aryl methyl sites for hydroxylation is 1. The summed E-state index contributed by atoms with van der Waals surface area (Å²) in [5, 5.41) is 0. The molecule has 76 valence electrons. The van der Waals surface area contributed by atoms with Gasteiger partial charge in [-0.1, -0.05) is 0 Å². The van der Waals surface area contributed by atoms with Crippen LogP contribution >= 0.6 is 0 Å². The van der Waals surface area contributed by atoms with Crippen LogP contribution in [0.15, 0.2) is 17.1 Å². The molecule has 1 rings (SSSR count). The molecule has 0 fully saturated rings. The Labute approximate surface area is 80.7 Å². The van der Waals surface area contributed by atoms with Crippen LogP contribution in [0.3, 0.4) is 0 Å². The number of H-pyrrole nitrogens is 1. The first-order chi connectivity index (χ1) is 6.65. The van der Waals surface area contributed by atoms with Gasteiger partial charge in [0.25, 0.3) is 0 Å². The lowest BCUT2D eigenvalue weighted by Gasteiger charge is -2.05. The van der Waals surface area contributed by atoms with Crippen molar-refractivity contribution in [1.82, 2.24) is 4.98 Å². The number of ether oxygens (including phenoxy) is 2. The van der Waals surface area contributed by atoms with Gasteiger partial charge >= 0.3 is 5.97 Å². The lowest BCUT2D eigenvalue weighted by atomic mass is 10.3. The van der Waals surface area contributed by atoms with Crippen molar-refractivity contribution >= 4 is 5.97 Å². The Morgan fingerprint density at radius 1 is 1.57 bits per heavy atom. The minimum atomic E-state index is -0.521. The van der Waals surface area contributed by atoms with Crippen molar-refractivity contribution in [2.24, 2.45) is 0 Å². The molecule has 14 heavy (non-hydrogen) atoms. The summed E-state index contributed by atoms with van der Waals surface area (Å²) in [6.07, 6.45) is 1.52. The van der Waals surface area contributed by atoms with E-state index in [4.69, 9.17) is 4.74 Å². The second-order valence-electron chi connectivity index (χ2n) is 2.66. The Morgan fingerprint density at radius 2 is 2.29 bits per heavy atom. The van der Waals surface area contributed by atoms with Gasteiger partial charge in [0.05, 0.1) is 12.8 Å². The zero-order valence-electron chi connectivity index (χ0n) is 7.99.